The first-order valence-corrected chi connectivity index (χ1v) is 7.35. The van der Waals surface area contributed by atoms with E-state index in [1.54, 1.807) is 0 Å². The molecule has 0 radical (unpaired) electrons. The summed E-state index contributed by atoms with van der Waals surface area (Å²) in [4.78, 5) is 22.6. The third-order valence-electron chi connectivity index (χ3n) is 3.23. The van der Waals surface area contributed by atoms with Crippen LogP contribution in [0.3, 0.4) is 0 Å². The zero-order valence-electron chi connectivity index (χ0n) is 13.5. The molecule has 5 heteroatoms. The van der Waals surface area contributed by atoms with Crippen LogP contribution in [0.1, 0.15) is 46.0 Å². The van der Waals surface area contributed by atoms with Crippen LogP contribution in [0.4, 0.5) is 0 Å². The molecular weight excluding hydrogens is 258 g/mol. The summed E-state index contributed by atoms with van der Waals surface area (Å²) in [5, 5.41) is 8.88. The SMILES string of the molecule is CCC(C)CCCC(=O)OC(CC(=O)O)C[N+](C)(C)C. The molecule has 0 fully saturated rings. The molecule has 0 aliphatic carbocycles. The molecule has 0 rings (SSSR count). The Kier molecular flexibility index (Phi) is 8.46. The molecule has 0 aliphatic heterocycles. The predicted molar refractivity (Wildman–Crippen MR) is 78.3 cm³/mol. The summed E-state index contributed by atoms with van der Waals surface area (Å²) < 4.78 is 5.88. The smallest absolute Gasteiger partial charge is 0.307 e. The van der Waals surface area contributed by atoms with Crippen molar-refractivity contribution in [1.82, 2.24) is 0 Å². The van der Waals surface area contributed by atoms with Crippen molar-refractivity contribution >= 4 is 11.9 Å². The largest absolute Gasteiger partial charge is 0.481 e. The molecule has 0 saturated heterocycles. The molecule has 1 N–H and O–H groups in total. The van der Waals surface area contributed by atoms with Gasteiger partial charge >= 0.3 is 11.9 Å². The van der Waals surface area contributed by atoms with Crippen LogP contribution in [0, 0.1) is 5.92 Å². The summed E-state index contributed by atoms with van der Waals surface area (Å²) in [7, 11) is 5.85. The molecule has 0 spiro atoms. The molecule has 0 bridgehead atoms. The fraction of sp³-hybridized carbons (Fsp3) is 0.867. The average molecular weight is 288 g/mol. The van der Waals surface area contributed by atoms with E-state index in [-0.39, 0.29) is 12.4 Å². The Balaban J connectivity index is 4.21. The van der Waals surface area contributed by atoms with Crippen molar-refractivity contribution in [2.45, 2.75) is 52.1 Å². The number of ether oxygens (including phenoxy) is 1. The molecule has 5 nitrogen and oxygen atoms in total. The lowest BCUT2D eigenvalue weighted by molar-refractivity contribution is -0.873. The van der Waals surface area contributed by atoms with E-state index in [9.17, 15) is 9.59 Å². The second kappa shape index (κ2) is 8.95. The minimum absolute atomic E-state index is 0.132. The summed E-state index contributed by atoms with van der Waals surface area (Å²) >= 11 is 0. The first-order chi connectivity index (χ1) is 9.14. The highest BCUT2D eigenvalue weighted by Crippen LogP contribution is 2.13. The van der Waals surface area contributed by atoms with Gasteiger partial charge in [0.1, 0.15) is 6.54 Å². The summed E-state index contributed by atoms with van der Waals surface area (Å²) in [6, 6.07) is 0. The van der Waals surface area contributed by atoms with Crippen LogP contribution in [-0.2, 0) is 14.3 Å². The number of nitrogens with zero attached hydrogens (tertiary/aromatic N) is 1. The number of quaternary nitrogens is 1. The van der Waals surface area contributed by atoms with Crippen LogP contribution in [0.25, 0.3) is 0 Å². The van der Waals surface area contributed by atoms with E-state index in [1.165, 1.54) is 0 Å². The lowest BCUT2D eigenvalue weighted by Crippen LogP contribution is -2.43. The first kappa shape index (κ1) is 18.9. The molecule has 0 heterocycles. The van der Waals surface area contributed by atoms with E-state index in [2.05, 4.69) is 13.8 Å². The highest BCUT2D eigenvalue weighted by Gasteiger charge is 2.24. The number of hydrogen-bond acceptors (Lipinski definition) is 3. The van der Waals surface area contributed by atoms with Gasteiger partial charge in [0.25, 0.3) is 0 Å². The molecule has 0 aromatic heterocycles. The Hall–Kier alpha value is -1.10. The zero-order chi connectivity index (χ0) is 15.8. The van der Waals surface area contributed by atoms with E-state index in [4.69, 9.17) is 9.84 Å². The number of carbonyl (C=O) groups is 2. The van der Waals surface area contributed by atoms with Crippen LogP contribution in [-0.4, -0.2) is 55.3 Å². The Labute approximate surface area is 122 Å². The highest BCUT2D eigenvalue weighted by molar-refractivity contribution is 5.71. The van der Waals surface area contributed by atoms with Gasteiger partial charge in [-0.05, 0) is 12.3 Å². The van der Waals surface area contributed by atoms with Crippen LogP contribution >= 0.6 is 0 Å². The number of carboxylic acid groups (broad SMARTS) is 1. The quantitative estimate of drug-likeness (QED) is 0.495. The molecule has 2 unspecified atom stereocenters. The molecular formula is C15H30NO4+. The van der Waals surface area contributed by atoms with Gasteiger partial charge in [-0.1, -0.05) is 26.7 Å². The fourth-order valence-electron chi connectivity index (χ4n) is 1.99. The maximum Gasteiger partial charge on any atom is 0.307 e. The van der Waals surface area contributed by atoms with Gasteiger partial charge in [0.2, 0.25) is 0 Å². The fourth-order valence-corrected chi connectivity index (χ4v) is 1.99. The highest BCUT2D eigenvalue weighted by atomic mass is 16.5. The van der Waals surface area contributed by atoms with Crippen LogP contribution in [0.5, 0.6) is 0 Å². The zero-order valence-corrected chi connectivity index (χ0v) is 13.5. The van der Waals surface area contributed by atoms with Crippen LogP contribution < -0.4 is 0 Å². The molecule has 118 valence electrons. The van der Waals surface area contributed by atoms with Gasteiger partial charge in [0, 0.05) is 6.42 Å². The molecule has 0 saturated carbocycles. The van der Waals surface area contributed by atoms with E-state index in [0.29, 0.717) is 23.4 Å². The number of likely N-dealkylation sites (N-methyl/N-ethyl adjacent to an activating group) is 1. The van der Waals surface area contributed by atoms with Crippen molar-refractivity contribution in [3.8, 4) is 0 Å². The van der Waals surface area contributed by atoms with E-state index >= 15 is 0 Å². The van der Waals surface area contributed by atoms with Crippen molar-refractivity contribution in [2.24, 2.45) is 5.92 Å². The third kappa shape index (κ3) is 10.8. The second-order valence-corrected chi connectivity index (χ2v) is 6.59. The Morgan fingerprint density at radius 3 is 2.30 bits per heavy atom. The topological polar surface area (TPSA) is 63.6 Å². The van der Waals surface area contributed by atoms with Crippen molar-refractivity contribution in [1.29, 1.82) is 0 Å². The van der Waals surface area contributed by atoms with Gasteiger partial charge in [-0.3, -0.25) is 9.59 Å². The number of carbonyl (C=O) groups excluding carboxylic acids is 1. The minimum Gasteiger partial charge on any atom is -0.481 e. The van der Waals surface area contributed by atoms with Gasteiger partial charge in [0.15, 0.2) is 6.10 Å². The summed E-state index contributed by atoms with van der Waals surface area (Å²) in [6.07, 6.45) is 2.61. The summed E-state index contributed by atoms with van der Waals surface area (Å²) in [5.41, 5.74) is 0. The third-order valence-corrected chi connectivity index (χ3v) is 3.23. The van der Waals surface area contributed by atoms with Crippen molar-refractivity contribution < 1.29 is 23.9 Å². The van der Waals surface area contributed by atoms with Crippen molar-refractivity contribution in [3.63, 3.8) is 0 Å². The summed E-state index contributed by atoms with van der Waals surface area (Å²) in [6.45, 7) is 4.80. The van der Waals surface area contributed by atoms with E-state index < -0.39 is 12.1 Å². The van der Waals surface area contributed by atoms with Gasteiger partial charge < -0.3 is 14.3 Å². The lowest BCUT2D eigenvalue weighted by Gasteiger charge is -2.28. The number of hydrogen-bond donors (Lipinski definition) is 1. The monoisotopic (exact) mass is 288 g/mol. The normalized spacial score (nSPS) is 14.7. The summed E-state index contributed by atoms with van der Waals surface area (Å²) in [5.74, 6) is -0.604. The van der Waals surface area contributed by atoms with E-state index in [1.807, 2.05) is 21.1 Å². The maximum atomic E-state index is 11.8. The molecule has 20 heavy (non-hydrogen) atoms. The molecule has 0 amide bonds. The van der Waals surface area contributed by atoms with Crippen LogP contribution in [0.15, 0.2) is 0 Å². The molecule has 2 atom stereocenters. The Morgan fingerprint density at radius 1 is 1.25 bits per heavy atom. The predicted octanol–water partition coefficient (Wildman–Crippen LogP) is 2.30. The molecule has 0 aromatic carbocycles. The Bertz CT molecular complexity index is 309. The van der Waals surface area contributed by atoms with Crippen LogP contribution in [0.2, 0.25) is 0 Å². The number of carboxylic acids is 1. The number of rotatable bonds is 10. The standard InChI is InChI=1S/C15H29NO4/c1-6-12(2)8-7-9-15(19)20-13(10-14(17)18)11-16(3,4)5/h12-13H,6-11H2,1-5H3/p+1. The van der Waals surface area contributed by atoms with Gasteiger partial charge in [-0.2, -0.15) is 0 Å². The minimum atomic E-state index is -0.934. The van der Waals surface area contributed by atoms with Gasteiger partial charge in [-0.15, -0.1) is 0 Å². The maximum absolute atomic E-state index is 11.8. The van der Waals surface area contributed by atoms with E-state index in [0.717, 1.165) is 19.3 Å². The lowest BCUT2D eigenvalue weighted by atomic mass is 10.0. The average Bonchev–Trinajstić information content (AvgIpc) is 2.25. The first-order valence-electron chi connectivity index (χ1n) is 7.35. The molecule has 0 aliphatic rings. The van der Waals surface area contributed by atoms with Crippen molar-refractivity contribution in [2.75, 3.05) is 27.7 Å². The molecule has 0 aromatic rings. The van der Waals surface area contributed by atoms with Crippen molar-refractivity contribution in [3.05, 3.63) is 0 Å². The number of esters is 1. The Morgan fingerprint density at radius 2 is 1.85 bits per heavy atom. The van der Waals surface area contributed by atoms with Gasteiger partial charge in [-0.25, -0.2) is 0 Å². The second-order valence-electron chi connectivity index (χ2n) is 6.59. The van der Waals surface area contributed by atoms with Gasteiger partial charge in [0.05, 0.1) is 27.6 Å². The number of aliphatic carboxylic acids is 1.